The normalized spacial score (nSPS) is 11.7. The number of nitrogens with zero attached hydrogens (tertiary/aromatic N) is 2. The zero-order valence-electron chi connectivity index (χ0n) is 8.57. The topological polar surface area (TPSA) is 37.5 Å². The van der Waals surface area contributed by atoms with Gasteiger partial charge < -0.3 is 5.11 Å². The molecule has 3 rings (SSSR count). The van der Waals surface area contributed by atoms with E-state index in [-0.39, 0.29) is 12.4 Å². The summed E-state index contributed by atoms with van der Waals surface area (Å²) in [4.78, 5) is 5.14. The van der Waals surface area contributed by atoms with E-state index >= 15 is 0 Å². The van der Waals surface area contributed by atoms with Crippen LogP contribution in [0, 0.1) is 12.7 Å². The van der Waals surface area contributed by atoms with Gasteiger partial charge in [0.25, 0.3) is 0 Å². The summed E-state index contributed by atoms with van der Waals surface area (Å²) in [5.41, 5.74) is 2.49. The first-order chi connectivity index (χ1) is 7.70. The zero-order valence-corrected chi connectivity index (χ0v) is 9.38. The molecule has 0 aliphatic heterocycles. The zero-order chi connectivity index (χ0) is 11.3. The van der Waals surface area contributed by atoms with Gasteiger partial charge in [-0.25, -0.2) is 9.37 Å². The lowest BCUT2D eigenvalue weighted by molar-refractivity contribution is 0.275. The maximum atomic E-state index is 13.1. The van der Waals surface area contributed by atoms with Crippen molar-refractivity contribution in [1.82, 2.24) is 9.38 Å². The number of fused-ring (bicyclic) bond motifs is 3. The van der Waals surface area contributed by atoms with Crippen LogP contribution in [0.25, 0.3) is 15.2 Å². The number of aryl methyl sites for hydroxylation is 1. The van der Waals surface area contributed by atoms with Gasteiger partial charge in [0.05, 0.1) is 28.2 Å². The average molecular weight is 236 g/mol. The predicted molar refractivity (Wildman–Crippen MR) is 61.2 cm³/mol. The van der Waals surface area contributed by atoms with Crippen LogP contribution in [-0.4, -0.2) is 14.5 Å². The summed E-state index contributed by atoms with van der Waals surface area (Å²) in [6.07, 6.45) is 0. The molecule has 0 bridgehead atoms. The van der Waals surface area contributed by atoms with Crippen LogP contribution in [-0.2, 0) is 6.61 Å². The van der Waals surface area contributed by atoms with Gasteiger partial charge in [-0.2, -0.15) is 0 Å². The number of rotatable bonds is 1. The molecule has 1 aromatic carbocycles. The standard InChI is InChI=1S/C11H9FN2OS/c1-6-9(5-15)14-8-3-2-7(12)4-10(8)16-11(14)13-6/h2-4,15H,5H2,1H3. The third-order valence-corrected chi connectivity index (χ3v) is 3.66. The van der Waals surface area contributed by atoms with Gasteiger partial charge in [-0.15, -0.1) is 0 Å². The number of imidazole rings is 1. The van der Waals surface area contributed by atoms with Gasteiger partial charge in [0.15, 0.2) is 4.96 Å². The van der Waals surface area contributed by atoms with Gasteiger partial charge in [-0.1, -0.05) is 11.3 Å². The largest absolute Gasteiger partial charge is 0.390 e. The van der Waals surface area contributed by atoms with Crippen LogP contribution < -0.4 is 0 Å². The maximum Gasteiger partial charge on any atom is 0.195 e. The van der Waals surface area contributed by atoms with E-state index in [1.54, 1.807) is 6.07 Å². The van der Waals surface area contributed by atoms with Crippen molar-refractivity contribution in [3.8, 4) is 0 Å². The highest BCUT2D eigenvalue weighted by atomic mass is 32.1. The molecule has 0 atom stereocenters. The second kappa shape index (κ2) is 3.26. The molecule has 0 amide bonds. The highest BCUT2D eigenvalue weighted by molar-refractivity contribution is 7.23. The SMILES string of the molecule is Cc1nc2sc3cc(F)ccc3n2c1CO. The lowest BCUT2D eigenvalue weighted by Gasteiger charge is -1.97. The summed E-state index contributed by atoms with van der Waals surface area (Å²) in [5, 5.41) is 9.31. The first kappa shape index (κ1) is 9.74. The highest BCUT2D eigenvalue weighted by Gasteiger charge is 2.13. The Hall–Kier alpha value is -1.46. The summed E-state index contributed by atoms with van der Waals surface area (Å²) in [6.45, 7) is 1.80. The van der Waals surface area contributed by atoms with Crippen LogP contribution in [0.4, 0.5) is 4.39 Å². The Bertz CT molecular complexity index is 686. The minimum atomic E-state index is -0.251. The Labute approximate surface area is 94.8 Å². The molecular weight excluding hydrogens is 227 g/mol. The second-order valence-electron chi connectivity index (χ2n) is 3.63. The molecule has 0 radical (unpaired) electrons. The van der Waals surface area contributed by atoms with Gasteiger partial charge in [0.2, 0.25) is 0 Å². The molecule has 0 aliphatic rings. The van der Waals surface area contributed by atoms with E-state index in [4.69, 9.17) is 0 Å². The molecule has 1 N–H and O–H groups in total. The minimum Gasteiger partial charge on any atom is -0.390 e. The van der Waals surface area contributed by atoms with E-state index in [0.29, 0.717) is 0 Å². The van der Waals surface area contributed by atoms with Gasteiger partial charge in [0.1, 0.15) is 5.82 Å². The van der Waals surface area contributed by atoms with Crippen molar-refractivity contribution < 1.29 is 9.50 Å². The Morgan fingerprint density at radius 1 is 1.50 bits per heavy atom. The number of aliphatic hydroxyl groups excluding tert-OH is 1. The highest BCUT2D eigenvalue weighted by Crippen LogP contribution is 2.29. The van der Waals surface area contributed by atoms with Crippen molar-refractivity contribution in [3.05, 3.63) is 35.4 Å². The van der Waals surface area contributed by atoms with Crippen molar-refractivity contribution >= 4 is 26.5 Å². The maximum absolute atomic E-state index is 13.1. The summed E-state index contributed by atoms with van der Waals surface area (Å²) in [7, 11) is 0. The van der Waals surface area contributed by atoms with E-state index in [1.807, 2.05) is 11.3 Å². The smallest absolute Gasteiger partial charge is 0.195 e. The predicted octanol–water partition coefficient (Wildman–Crippen LogP) is 2.49. The fourth-order valence-corrected chi connectivity index (χ4v) is 3.00. The van der Waals surface area contributed by atoms with Crippen LogP contribution in [0.1, 0.15) is 11.4 Å². The molecule has 2 heterocycles. The Morgan fingerprint density at radius 3 is 3.06 bits per heavy atom. The monoisotopic (exact) mass is 236 g/mol. The van der Waals surface area contributed by atoms with Crippen molar-refractivity contribution in [1.29, 1.82) is 0 Å². The van der Waals surface area contributed by atoms with E-state index in [1.165, 1.54) is 23.5 Å². The minimum absolute atomic E-state index is 0.0593. The van der Waals surface area contributed by atoms with Crippen LogP contribution in [0.5, 0.6) is 0 Å². The van der Waals surface area contributed by atoms with E-state index < -0.39 is 0 Å². The van der Waals surface area contributed by atoms with Gasteiger partial charge in [-0.3, -0.25) is 4.40 Å². The number of halogens is 1. The van der Waals surface area contributed by atoms with Crippen LogP contribution in [0.3, 0.4) is 0 Å². The first-order valence-electron chi connectivity index (χ1n) is 4.87. The van der Waals surface area contributed by atoms with Gasteiger partial charge in [0, 0.05) is 0 Å². The van der Waals surface area contributed by atoms with E-state index in [2.05, 4.69) is 4.98 Å². The Kier molecular flexibility index (Phi) is 1.99. The fraction of sp³-hybridized carbons (Fsp3) is 0.182. The van der Waals surface area contributed by atoms with Crippen molar-refractivity contribution in [2.24, 2.45) is 0 Å². The number of benzene rings is 1. The molecule has 3 nitrogen and oxygen atoms in total. The molecule has 0 unspecified atom stereocenters. The summed E-state index contributed by atoms with van der Waals surface area (Å²) < 4.78 is 15.8. The molecule has 16 heavy (non-hydrogen) atoms. The number of hydrogen-bond acceptors (Lipinski definition) is 3. The van der Waals surface area contributed by atoms with Crippen molar-refractivity contribution in [2.45, 2.75) is 13.5 Å². The van der Waals surface area contributed by atoms with E-state index in [9.17, 15) is 9.50 Å². The summed E-state index contributed by atoms with van der Waals surface area (Å²) >= 11 is 1.43. The fourth-order valence-electron chi connectivity index (χ4n) is 1.89. The summed E-state index contributed by atoms with van der Waals surface area (Å²) in [6, 6.07) is 4.63. The lowest BCUT2D eigenvalue weighted by atomic mass is 10.3. The summed E-state index contributed by atoms with van der Waals surface area (Å²) in [5.74, 6) is -0.251. The third-order valence-electron chi connectivity index (χ3n) is 2.66. The Balaban J connectivity index is 2.50. The first-order valence-corrected chi connectivity index (χ1v) is 5.69. The molecule has 0 saturated carbocycles. The molecule has 0 fully saturated rings. The molecular formula is C11H9FN2OS. The number of thiazole rings is 1. The number of aromatic nitrogens is 2. The van der Waals surface area contributed by atoms with Crippen molar-refractivity contribution in [3.63, 3.8) is 0 Å². The second-order valence-corrected chi connectivity index (χ2v) is 4.64. The molecule has 2 aromatic heterocycles. The quantitative estimate of drug-likeness (QED) is 0.704. The van der Waals surface area contributed by atoms with Crippen molar-refractivity contribution in [2.75, 3.05) is 0 Å². The number of aliphatic hydroxyl groups is 1. The molecule has 3 aromatic rings. The van der Waals surface area contributed by atoms with Gasteiger partial charge >= 0.3 is 0 Å². The molecule has 0 aliphatic carbocycles. The molecule has 0 saturated heterocycles. The lowest BCUT2D eigenvalue weighted by Crippen LogP contribution is -1.92. The van der Waals surface area contributed by atoms with E-state index in [0.717, 1.165) is 26.6 Å². The van der Waals surface area contributed by atoms with Gasteiger partial charge in [-0.05, 0) is 25.1 Å². The molecule has 82 valence electrons. The van der Waals surface area contributed by atoms with Crippen LogP contribution in [0.15, 0.2) is 18.2 Å². The van der Waals surface area contributed by atoms with Crippen LogP contribution in [0.2, 0.25) is 0 Å². The average Bonchev–Trinajstić information content (AvgIpc) is 2.71. The third kappa shape index (κ3) is 1.19. The van der Waals surface area contributed by atoms with Crippen LogP contribution >= 0.6 is 11.3 Å². The Morgan fingerprint density at radius 2 is 2.31 bits per heavy atom. The number of hydrogen-bond donors (Lipinski definition) is 1. The molecule has 0 spiro atoms. The molecule has 5 heteroatoms.